The number of amides is 1. The third-order valence-electron chi connectivity index (χ3n) is 4.94. The fourth-order valence-corrected chi connectivity index (χ4v) is 3.44. The number of nitrogens with zero attached hydrogens (tertiary/aromatic N) is 1. The number of hydrogen-bond acceptors (Lipinski definition) is 7. The molecule has 1 saturated heterocycles. The number of aromatic hydroxyl groups is 4. The smallest absolute Gasteiger partial charge is 0.237 e. The number of carbonyl (C=O) groups is 1. The normalized spacial score (nSPS) is 18.1. The molecule has 1 aliphatic rings. The van der Waals surface area contributed by atoms with E-state index in [0.717, 1.165) is 6.42 Å². The minimum absolute atomic E-state index is 0.193. The summed E-state index contributed by atoms with van der Waals surface area (Å²) < 4.78 is 0. The quantitative estimate of drug-likeness (QED) is 0.409. The van der Waals surface area contributed by atoms with Crippen LogP contribution in [0.15, 0.2) is 36.4 Å². The summed E-state index contributed by atoms with van der Waals surface area (Å²) in [6, 6.07) is 8.23. The van der Waals surface area contributed by atoms with Gasteiger partial charge in [0, 0.05) is 19.5 Å². The number of benzene rings is 2. The number of phenols is 4. The van der Waals surface area contributed by atoms with E-state index in [1.807, 2.05) is 0 Å². The van der Waals surface area contributed by atoms with Crippen LogP contribution in [-0.2, 0) is 17.8 Å². The third-order valence-corrected chi connectivity index (χ3v) is 4.94. The second kappa shape index (κ2) is 8.37. The van der Waals surface area contributed by atoms with Crippen molar-refractivity contribution >= 4 is 5.91 Å². The van der Waals surface area contributed by atoms with Gasteiger partial charge in [0.25, 0.3) is 0 Å². The summed E-state index contributed by atoms with van der Waals surface area (Å²) in [7, 11) is 0. The lowest BCUT2D eigenvalue weighted by Crippen LogP contribution is -2.48. The highest BCUT2D eigenvalue weighted by Gasteiger charge is 2.34. The third kappa shape index (κ3) is 4.47. The van der Waals surface area contributed by atoms with Crippen LogP contribution in [0.1, 0.15) is 24.0 Å². The molecule has 1 unspecified atom stereocenters. The number of aliphatic hydroxyl groups excluding tert-OH is 1. The largest absolute Gasteiger partial charge is 0.504 e. The second-order valence-corrected chi connectivity index (χ2v) is 6.94. The number of phenolic OH excluding ortho intramolecular Hbond substituents is 4. The minimum atomic E-state index is -0.903. The van der Waals surface area contributed by atoms with E-state index in [-0.39, 0.29) is 41.9 Å². The average molecular weight is 388 g/mol. The number of likely N-dealkylation sites (tertiary alicyclic amines) is 1. The van der Waals surface area contributed by atoms with Crippen LogP contribution in [0.3, 0.4) is 0 Å². The molecule has 1 fully saturated rings. The Morgan fingerprint density at radius 2 is 1.61 bits per heavy atom. The molecule has 8 nitrogen and oxygen atoms in total. The first kappa shape index (κ1) is 19.8. The summed E-state index contributed by atoms with van der Waals surface area (Å²) in [6.07, 6.45) is 0.698. The minimum Gasteiger partial charge on any atom is -0.504 e. The molecule has 1 heterocycles. The standard InChI is InChI=1S/C20H24N2O6/c23-15-5-3-12(8-17(15)25)10-19(27)22-7-1-2-14(22)20(28)21-11-13-4-6-16(24)18(26)9-13/h3-6,8-9,14,19,23-27H,1-2,7,10-11H2,(H,21,28)/t14?,19-/m0/s1. The molecule has 0 aliphatic carbocycles. The van der Waals surface area contributed by atoms with Crippen LogP contribution in [0.5, 0.6) is 23.0 Å². The van der Waals surface area contributed by atoms with E-state index in [2.05, 4.69) is 5.32 Å². The Hall–Kier alpha value is -2.97. The molecule has 0 radical (unpaired) electrons. The van der Waals surface area contributed by atoms with Crippen LogP contribution in [0.25, 0.3) is 0 Å². The molecule has 8 heteroatoms. The van der Waals surface area contributed by atoms with Crippen molar-refractivity contribution in [3.8, 4) is 23.0 Å². The Balaban J connectivity index is 1.60. The Kier molecular flexibility index (Phi) is 5.91. The van der Waals surface area contributed by atoms with Gasteiger partial charge in [-0.15, -0.1) is 0 Å². The molecule has 0 aromatic heterocycles. The molecule has 28 heavy (non-hydrogen) atoms. The fraction of sp³-hybridized carbons (Fsp3) is 0.350. The van der Waals surface area contributed by atoms with E-state index in [1.54, 1.807) is 17.0 Å². The Labute approximate surface area is 162 Å². The molecule has 6 N–H and O–H groups in total. The van der Waals surface area contributed by atoms with Gasteiger partial charge in [-0.3, -0.25) is 9.69 Å². The van der Waals surface area contributed by atoms with Gasteiger partial charge >= 0.3 is 0 Å². The number of hydrogen-bond donors (Lipinski definition) is 6. The molecule has 0 spiro atoms. The van der Waals surface area contributed by atoms with E-state index in [4.69, 9.17) is 0 Å². The first-order valence-corrected chi connectivity index (χ1v) is 9.08. The van der Waals surface area contributed by atoms with Crippen molar-refractivity contribution in [3.05, 3.63) is 47.5 Å². The van der Waals surface area contributed by atoms with Gasteiger partial charge in [-0.25, -0.2) is 0 Å². The van der Waals surface area contributed by atoms with Gasteiger partial charge in [0.15, 0.2) is 23.0 Å². The molecule has 2 atom stereocenters. The maximum Gasteiger partial charge on any atom is 0.237 e. The summed E-state index contributed by atoms with van der Waals surface area (Å²) >= 11 is 0. The van der Waals surface area contributed by atoms with Crippen molar-refractivity contribution in [2.24, 2.45) is 0 Å². The number of carbonyl (C=O) groups excluding carboxylic acids is 1. The summed E-state index contributed by atoms with van der Waals surface area (Å²) in [4.78, 5) is 14.3. The average Bonchev–Trinajstić information content (AvgIpc) is 3.15. The molecule has 0 bridgehead atoms. The van der Waals surface area contributed by atoms with E-state index in [0.29, 0.717) is 24.1 Å². The van der Waals surface area contributed by atoms with E-state index >= 15 is 0 Å². The van der Waals surface area contributed by atoms with Gasteiger partial charge in [0.2, 0.25) is 5.91 Å². The van der Waals surface area contributed by atoms with Crippen LogP contribution < -0.4 is 5.32 Å². The van der Waals surface area contributed by atoms with Gasteiger partial charge in [0.1, 0.15) is 6.23 Å². The van der Waals surface area contributed by atoms with Crippen LogP contribution >= 0.6 is 0 Å². The zero-order chi connectivity index (χ0) is 20.3. The summed E-state index contributed by atoms with van der Waals surface area (Å²) in [6.45, 7) is 0.766. The van der Waals surface area contributed by atoms with Crippen molar-refractivity contribution < 1.29 is 30.3 Å². The molecule has 3 rings (SSSR count). The van der Waals surface area contributed by atoms with Crippen molar-refractivity contribution in [1.82, 2.24) is 10.2 Å². The first-order valence-electron chi connectivity index (χ1n) is 9.08. The Morgan fingerprint density at radius 1 is 1.00 bits per heavy atom. The number of aliphatic hydroxyl groups is 1. The highest BCUT2D eigenvalue weighted by Crippen LogP contribution is 2.28. The zero-order valence-corrected chi connectivity index (χ0v) is 15.2. The molecule has 2 aromatic carbocycles. The van der Waals surface area contributed by atoms with Crippen LogP contribution in [0, 0.1) is 0 Å². The van der Waals surface area contributed by atoms with Crippen LogP contribution in [0.2, 0.25) is 0 Å². The SMILES string of the molecule is O=C(NCc1ccc(O)c(O)c1)C1CCCN1[C@@H](O)Cc1ccc(O)c(O)c1. The monoisotopic (exact) mass is 388 g/mol. The van der Waals surface area contributed by atoms with Gasteiger partial charge in [-0.1, -0.05) is 12.1 Å². The van der Waals surface area contributed by atoms with E-state index < -0.39 is 12.3 Å². The van der Waals surface area contributed by atoms with Gasteiger partial charge in [0.05, 0.1) is 6.04 Å². The Bertz CT molecular complexity index is 857. The van der Waals surface area contributed by atoms with Gasteiger partial charge < -0.3 is 30.8 Å². The first-order chi connectivity index (χ1) is 13.3. The second-order valence-electron chi connectivity index (χ2n) is 6.94. The van der Waals surface area contributed by atoms with E-state index in [9.17, 15) is 30.3 Å². The predicted molar refractivity (Wildman–Crippen MR) is 101 cm³/mol. The highest BCUT2D eigenvalue weighted by molar-refractivity contribution is 5.82. The summed E-state index contributed by atoms with van der Waals surface area (Å²) in [5.41, 5.74) is 1.29. The lowest BCUT2D eigenvalue weighted by Gasteiger charge is -2.28. The van der Waals surface area contributed by atoms with E-state index in [1.165, 1.54) is 24.3 Å². The van der Waals surface area contributed by atoms with Gasteiger partial charge in [-0.05, 0) is 48.2 Å². The summed E-state index contributed by atoms with van der Waals surface area (Å²) in [5, 5.41) is 51.2. The van der Waals surface area contributed by atoms with Crippen LogP contribution in [0.4, 0.5) is 0 Å². The molecule has 1 amide bonds. The molecule has 2 aromatic rings. The molecular formula is C20H24N2O6. The fourth-order valence-electron chi connectivity index (χ4n) is 3.44. The van der Waals surface area contributed by atoms with Crippen molar-refractivity contribution in [2.45, 2.75) is 38.1 Å². The molecule has 150 valence electrons. The zero-order valence-electron chi connectivity index (χ0n) is 15.2. The van der Waals surface area contributed by atoms with Crippen LogP contribution in [-0.4, -0.2) is 55.2 Å². The van der Waals surface area contributed by atoms with Crippen molar-refractivity contribution in [3.63, 3.8) is 0 Å². The maximum absolute atomic E-state index is 12.6. The van der Waals surface area contributed by atoms with Crippen molar-refractivity contribution in [1.29, 1.82) is 0 Å². The number of nitrogens with one attached hydrogen (secondary N) is 1. The summed E-state index contributed by atoms with van der Waals surface area (Å²) in [5.74, 6) is -1.17. The van der Waals surface area contributed by atoms with Crippen molar-refractivity contribution in [2.75, 3.05) is 6.54 Å². The Morgan fingerprint density at radius 3 is 2.25 bits per heavy atom. The van der Waals surface area contributed by atoms with Gasteiger partial charge in [-0.2, -0.15) is 0 Å². The molecule has 0 saturated carbocycles. The maximum atomic E-state index is 12.6. The number of rotatable bonds is 6. The predicted octanol–water partition coefficient (Wildman–Crippen LogP) is 1.15. The lowest BCUT2D eigenvalue weighted by atomic mass is 10.1. The molecule has 1 aliphatic heterocycles. The topological polar surface area (TPSA) is 133 Å². The molecular weight excluding hydrogens is 364 g/mol. The highest BCUT2D eigenvalue weighted by atomic mass is 16.3. The lowest BCUT2D eigenvalue weighted by molar-refractivity contribution is -0.129.